The number of halogens is 1. The van der Waals surface area contributed by atoms with Crippen LogP contribution in [0.15, 0.2) is 82.6 Å². The number of H-pyrrole nitrogens is 1. The Morgan fingerprint density at radius 1 is 1.07 bits per heavy atom. The molecule has 4 aromatic rings. The Hall–Kier alpha value is -3.65. The average molecular weight is 450 g/mol. The lowest BCUT2D eigenvalue weighted by molar-refractivity contribution is 0.252. The number of benzene rings is 2. The highest BCUT2D eigenvalue weighted by Gasteiger charge is 2.06. The minimum Gasteiger partial charge on any atom is -0.457 e. The quantitative estimate of drug-likeness (QED) is 0.286. The Balaban J connectivity index is 1.33. The van der Waals surface area contributed by atoms with E-state index in [1.807, 2.05) is 36.5 Å². The fourth-order valence-electron chi connectivity index (χ4n) is 2.63. The number of pyridine rings is 1. The predicted molar refractivity (Wildman–Crippen MR) is 117 cm³/mol. The van der Waals surface area contributed by atoms with Gasteiger partial charge in [-0.15, -0.1) is 0 Å². The number of amides is 2. The summed E-state index contributed by atoms with van der Waals surface area (Å²) in [6.07, 6.45) is 5.07. The standard InChI is InChI=1S/C21H16BrN5O2/c22-15-3-1-14(2-4-15)13-25-27-21(28)26-16-5-7-17(8-6-16)29-19-10-12-24-20-18(19)9-11-23-20/h1-13H,(H,23,24)(H2,26,27,28)/b25-13+. The molecule has 0 unspecified atom stereocenters. The van der Waals surface area contributed by atoms with Crippen LogP contribution in [-0.2, 0) is 0 Å². The summed E-state index contributed by atoms with van der Waals surface area (Å²) in [6.45, 7) is 0. The van der Waals surface area contributed by atoms with Crippen molar-refractivity contribution in [2.75, 3.05) is 5.32 Å². The van der Waals surface area contributed by atoms with E-state index >= 15 is 0 Å². The van der Waals surface area contributed by atoms with Crippen LogP contribution in [0.4, 0.5) is 10.5 Å². The van der Waals surface area contributed by atoms with Crippen molar-refractivity contribution < 1.29 is 9.53 Å². The molecule has 2 aromatic carbocycles. The van der Waals surface area contributed by atoms with Gasteiger partial charge in [0.15, 0.2) is 0 Å². The van der Waals surface area contributed by atoms with E-state index in [0.29, 0.717) is 17.2 Å². The second-order valence-electron chi connectivity index (χ2n) is 6.05. The number of urea groups is 1. The highest BCUT2D eigenvalue weighted by molar-refractivity contribution is 9.10. The zero-order valence-corrected chi connectivity index (χ0v) is 16.7. The molecule has 8 heteroatoms. The molecule has 2 amide bonds. The van der Waals surface area contributed by atoms with Crippen LogP contribution in [0.3, 0.4) is 0 Å². The lowest BCUT2D eigenvalue weighted by Gasteiger charge is -2.08. The van der Waals surface area contributed by atoms with Crippen LogP contribution in [0, 0.1) is 0 Å². The molecular formula is C21H16BrN5O2. The Bertz CT molecular complexity index is 1150. The number of nitrogens with zero attached hydrogens (tertiary/aromatic N) is 2. The number of aromatic amines is 1. The molecule has 0 aliphatic carbocycles. The third kappa shape index (κ3) is 4.80. The van der Waals surface area contributed by atoms with E-state index in [1.54, 1.807) is 42.7 Å². The van der Waals surface area contributed by atoms with Gasteiger partial charge in [-0.3, -0.25) is 0 Å². The zero-order valence-electron chi connectivity index (χ0n) is 15.1. The Labute approximate surface area is 174 Å². The number of anilines is 1. The lowest BCUT2D eigenvalue weighted by atomic mass is 10.2. The lowest BCUT2D eigenvalue weighted by Crippen LogP contribution is -2.24. The predicted octanol–water partition coefficient (Wildman–Crippen LogP) is 5.27. The van der Waals surface area contributed by atoms with Gasteiger partial charge in [0.1, 0.15) is 17.1 Å². The summed E-state index contributed by atoms with van der Waals surface area (Å²) in [7, 11) is 0. The topological polar surface area (TPSA) is 91.4 Å². The average Bonchev–Trinajstić information content (AvgIpc) is 3.21. The van der Waals surface area contributed by atoms with E-state index in [1.165, 1.54) is 0 Å². The van der Waals surface area contributed by atoms with Crippen molar-refractivity contribution in [3.8, 4) is 11.5 Å². The minimum atomic E-state index is -0.435. The van der Waals surface area contributed by atoms with Gasteiger partial charge in [-0.2, -0.15) is 5.10 Å². The van der Waals surface area contributed by atoms with Crippen LogP contribution in [-0.4, -0.2) is 22.2 Å². The SMILES string of the molecule is O=C(N/N=C/c1ccc(Br)cc1)Nc1ccc(Oc2ccnc3[nH]ccc23)cc1. The van der Waals surface area contributed by atoms with Gasteiger partial charge in [0.2, 0.25) is 0 Å². The van der Waals surface area contributed by atoms with Gasteiger partial charge in [-0.25, -0.2) is 15.2 Å². The Morgan fingerprint density at radius 2 is 1.86 bits per heavy atom. The molecule has 0 aliphatic heterocycles. The molecule has 144 valence electrons. The van der Waals surface area contributed by atoms with Crippen molar-refractivity contribution in [1.29, 1.82) is 0 Å². The molecule has 3 N–H and O–H groups in total. The molecule has 2 heterocycles. The monoisotopic (exact) mass is 449 g/mol. The van der Waals surface area contributed by atoms with Crippen LogP contribution < -0.4 is 15.5 Å². The van der Waals surface area contributed by atoms with Crippen LogP contribution in [0.5, 0.6) is 11.5 Å². The zero-order chi connectivity index (χ0) is 20.1. The largest absolute Gasteiger partial charge is 0.457 e. The first-order valence-corrected chi connectivity index (χ1v) is 9.52. The van der Waals surface area contributed by atoms with Crippen molar-refractivity contribution in [2.24, 2.45) is 5.10 Å². The van der Waals surface area contributed by atoms with Crippen LogP contribution in [0.2, 0.25) is 0 Å². The van der Waals surface area contributed by atoms with Crippen LogP contribution in [0.25, 0.3) is 11.0 Å². The summed E-state index contributed by atoms with van der Waals surface area (Å²) in [6, 6.07) is 17.9. The molecule has 0 spiro atoms. The molecule has 0 atom stereocenters. The molecule has 0 saturated carbocycles. The van der Waals surface area contributed by atoms with Crippen LogP contribution in [0.1, 0.15) is 5.56 Å². The van der Waals surface area contributed by atoms with E-state index in [4.69, 9.17) is 4.74 Å². The van der Waals surface area contributed by atoms with Crippen LogP contribution >= 0.6 is 15.9 Å². The summed E-state index contributed by atoms with van der Waals surface area (Å²) >= 11 is 3.37. The molecule has 4 rings (SSSR count). The molecule has 7 nitrogen and oxygen atoms in total. The van der Waals surface area contributed by atoms with Gasteiger partial charge in [0.25, 0.3) is 0 Å². The number of ether oxygens (including phenoxy) is 1. The summed E-state index contributed by atoms with van der Waals surface area (Å²) < 4.78 is 6.90. The van der Waals surface area contributed by atoms with Crippen molar-refractivity contribution in [2.45, 2.75) is 0 Å². The number of rotatable bonds is 5. The third-order valence-electron chi connectivity index (χ3n) is 4.01. The maximum atomic E-state index is 12.0. The first kappa shape index (κ1) is 18.7. The molecule has 0 saturated heterocycles. The van der Waals surface area contributed by atoms with Crippen molar-refractivity contribution in [3.63, 3.8) is 0 Å². The fourth-order valence-corrected chi connectivity index (χ4v) is 2.90. The van der Waals surface area contributed by atoms with Gasteiger partial charge < -0.3 is 15.0 Å². The van der Waals surface area contributed by atoms with Gasteiger partial charge in [0, 0.05) is 22.6 Å². The Kier molecular flexibility index (Phi) is 5.53. The van der Waals surface area contributed by atoms with Gasteiger partial charge in [-0.1, -0.05) is 28.1 Å². The molecule has 0 bridgehead atoms. The number of hydrogen-bond donors (Lipinski definition) is 3. The van der Waals surface area contributed by atoms with Crippen molar-refractivity contribution >= 4 is 44.9 Å². The van der Waals surface area contributed by atoms with E-state index in [9.17, 15) is 4.79 Å². The summed E-state index contributed by atoms with van der Waals surface area (Å²) in [5, 5.41) is 7.54. The fraction of sp³-hybridized carbons (Fsp3) is 0. The second-order valence-corrected chi connectivity index (χ2v) is 6.97. The molecular weight excluding hydrogens is 434 g/mol. The maximum Gasteiger partial charge on any atom is 0.339 e. The Morgan fingerprint density at radius 3 is 2.66 bits per heavy atom. The minimum absolute atomic E-state index is 0.435. The summed E-state index contributed by atoms with van der Waals surface area (Å²) in [5.41, 5.74) is 4.69. The van der Waals surface area contributed by atoms with E-state index < -0.39 is 6.03 Å². The van der Waals surface area contributed by atoms with Gasteiger partial charge in [-0.05, 0) is 54.1 Å². The smallest absolute Gasteiger partial charge is 0.339 e. The number of nitrogens with one attached hydrogen (secondary N) is 3. The number of carbonyl (C=O) groups is 1. The van der Waals surface area contributed by atoms with Crippen molar-refractivity contribution in [3.05, 3.63) is 83.1 Å². The molecule has 29 heavy (non-hydrogen) atoms. The first-order valence-electron chi connectivity index (χ1n) is 8.73. The molecule has 0 aliphatic rings. The van der Waals surface area contributed by atoms with E-state index in [-0.39, 0.29) is 0 Å². The van der Waals surface area contributed by atoms with Gasteiger partial charge in [0.05, 0.1) is 11.6 Å². The maximum absolute atomic E-state index is 12.0. The second kappa shape index (κ2) is 8.57. The number of hydrogen-bond acceptors (Lipinski definition) is 4. The highest BCUT2D eigenvalue weighted by atomic mass is 79.9. The number of fused-ring (bicyclic) bond motifs is 1. The van der Waals surface area contributed by atoms with Crippen molar-refractivity contribution in [1.82, 2.24) is 15.4 Å². The van der Waals surface area contributed by atoms with E-state index in [2.05, 4.69) is 41.7 Å². The third-order valence-corrected chi connectivity index (χ3v) is 4.54. The van der Waals surface area contributed by atoms with E-state index in [0.717, 1.165) is 21.1 Å². The normalized spacial score (nSPS) is 10.9. The summed E-state index contributed by atoms with van der Waals surface area (Å²) in [5.74, 6) is 1.36. The molecule has 0 radical (unpaired) electrons. The number of aromatic nitrogens is 2. The number of carbonyl (C=O) groups excluding carboxylic acids is 1. The number of hydrazone groups is 1. The highest BCUT2D eigenvalue weighted by Crippen LogP contribution is 2.28. The molecule has 0 fully saturated rings. The van der Waals surface area contributed by atoms with Gasteiger partial charge >= 0.3 is 6.03 Å². The summed E-state index contributed by atoms with van der Waals surface area (Å²) in [4.78, 5) is 19.2. The molecule has 2 aromatic heterocycles. The first-order chi connectivity index (χ1) is 14.2.